The molecule has 21 heavy (non-hydrogen) atoms. The van der Waals surface area contributed by atoms with Gasteiger partial charge < -0.3 is 14.7 Å². The van der Waals surface area contributed by atoms with Crippen molar-refractivity contribution in [1.82, 2.24) is 4.90 Å². The Balaban J connectivity index is 1.99. The van der Waals surface area contributed by atoms with Gasteiger partial charge in [0.1, 0.15) is 5.60 Å². The Bertz CT molecular complexity index is 477. The van der Waals surface area contributed by atoms with Crippen molar-refractivity contribution in [3.8, 4) is 0 Å². The lowest BCUT2D eigenvalue weighted by molar-refractivity contribution is -0.153. The number of aliphatic hydroxyl groups is 1. The number of carbonyl (C=O) groups excluding carboxylic acids is 1. The molecule has 1 N–H and O–H groups in total. The molecule has 2 saturated heterocycles. The lowest BCUT2D eigenvalue weighted by Gasteiger charge is -2.48. The van der Waals surface area contributed by atoms with Crippen LogP contribution < -0.4 is 0 Å². The van der Waals surface area contributed by atoms with Gasteiger partial charge in [-0.05, 0) is 46.5 Å². The third-order valence-corrected chi connectivity index (χ3v) is 6.28. The summed E-state index contributed by atoms with van der Waals surface area (Å²) in [6, 6.07) is 0. The number of hydrogen-bond donors (Lipinski definition) is 1. The summed E-state index contributed by atoms with van der Waals surface area (Å²) in [6.45, 7) is 6.03. The number of rotatable bonds is 2. The van der Waals surface area contributed by atoms with Crippen molar-refractivity contribution >= 4 is 5.91 Å². The maximum Gasteiger partial charge on any atom is 0.229 e. The van der Waals surface area contributed by atoms with Gasteiger partial charge in [-0.1, -0.05) is 12.2 Å². The smallest absolute Gasteiger partial charge is 0.229 e. The first-order valence-electron chi connectivity index (χ1n) is 8.12. The highest BCUT2D eigenvalue weighted by molar-refractivity contribution is 5.85. The first kappa shape index (κ1) is 15.0. The van der Waals surface area contributed by atoms with Gasteiger partial charge in [0.2, 0.25) is 5.91 Å². The second-order valence-electron chi connectivity index (χ2n) is 7.34. The van der Waals surface area contributed by atoms with Crippen LogP contribution in [0.4, 0.5) is 0 Å². The third-order valence-electron chi connectivity index (χ3n) is 6.28. The molecule has 0 saturated carbocycles. The predicted molar refractivity (Wildman–Crippen MR) is 80.7 cm³/mol. The van der Waals surface area contributed by atoms with Gasteiger partial charge in [0.15, 0.2) is 0 Å². The Morgan fingerprint density at radius 1 is 1.48 bits per heavy atom. The predicted octanol–water partition coefficient (Wildman–Crippen LogP) is 2.12. The van der Waals surface area contributed by atoms with Crippen LogP contribution in [-0.4, -0.2) is 46.3 Å². The molecule has 1 aliphatic carbocycles. The minimum Gasteiger partial charge on any atom is -0.390 e. The number of amides is 1. The molecule has 4 heteroatoms. The van der Waals surface area contributed by atoms with E-state index in [9.17, 15) is 9.90 Å². The molecule has 0 radical (unpaired) electrons. The first-order chi connectivity index (χ1) is 9.82. The number of likely N-dealkylation sites (tertiary alicyclic amines) is 1. The lowest BCUT2D eigenvalue weighted by Crippen LogP contribution is -2.64. The molecule has 0 aromatic heterocycles. The molecule has 3 aliphatic rings. The van der Waals surface area contributed by atoms with E-state index < -0.39 is 17.2 Å². The Morgan fingerprint density at radius 3 is 2.81 bits per heavy atom. The Kier molecular flexibility index (Phi) is 3.45. The first-order valence-corrected chi connectivity index (χ1v) is 8.12. The van der Waals surface area contributed by atoms with Gasteiger partial charge in [0.05, 0.1) is 23.7 Å². The number of hydrogen-bond acceptors (Lipinski definition) is 3. The number of nitrogens with zero attached hydrogens (tertiary/aromatic N) is 1. The molecule has 1 amide bonds. The van der Waals surface area contributed by atoms with Gasteiger partial charge in [-0.15, -0.1) is 0 Å². The number of likely N-dealkylation sites (N-methyl/N-ethyl adjacent to an activating group) is 1. The summed E-state index contributed by atoms with van der Waals surface area (Å²) in [5.74, 6) is 0.0852. The van der Waals surface area contributed by atoms with Crippen LogP contribution in [0, 0.1) is 11.8 Å². The monoisotopic (exact) mass is 293 g/mol. The van der Waals surface area contributed by atoms with E-state index in [-0.39, 0.29) is 23.8 Å². The number of carbonyl (C=O) groups is 1. The summed E-state index contributed by atoms with van der Waals surface area (Å²) >= 11 is 0. The fourth-order valence-corrected chi connectivity index (χ4v) is 4.72. The molecule has 0 bridgehead atoms. The molecule has 2 fully saturated rings. The largest absolute Gasteiger partial charge is 0.390 e. The molecule has 0 aromatic carbocycles. The Morgan fingerprint density at radius 2 is 2.19 bits per heavy atom. The summed E-state index contributed by atoms with van der Waals surface area (Å²) in [4.78, 5) is 14.4. The highest BCUT2D eigenvalue weighted by Crippen LogP contribution is 2.54. The van der Waals surface area contributed by atoms with E-state index in [4.69, 9.17) is 4.74 Å². The molecule has 0 aromatic rings. The van der Waals surface area contributed by atoms with Crippen molar-refractivity contribution in [3.63, 3.8) is 0 Å². The topological polar surface area (TPSA) is 49.8 Å². The second-order valence-corrected chi connectivity index (χ2v) is 7.34. The number of fused-ring (bicyclic) bond motifs is 1. The minimum absolute atomic E-state index is 0.0751. The molecule has 3 rings (SSSR count). The van der Waals surface area contributed by atoms with Crippen molar-refractivity contribution in [2.45, 2.75) is 69.8 Å². The van der Waals surface area contributed by atoms with E-state index in [2.05, 4.69) is 12.2 Å². The van der Waals surface area contributed by atoms with Crippen molar-refractivity contribution < 1.29 is 14.6 Å². The van der Waals surface area contributed by atoms with E-state index >= 15 is 0 Å². The van der Waals surface area contributed by atoms with Crippen LogP contribution in [0.15, 0.2) is 12.2 Å². The van der Waals surface area contributed by atoms with Crippen LogP contribution in [0.25, 0.3) is 0 Å². The van der Waals surface area contributed by atoms with Crippen molar-refractivity contribution in [1.29, 1.82) is 0 Å². The van der Waals surface area contributed by atoms with Crippen molar-refractivity contribution in [3.05, 3.63) is 12.2 Å². The van der Waals surface area contributed by atoms with E-state index in [1.165, 1.54) is 0 Å². The molecule has 4 nitrogen and oxygen atoms in total. The van der Waals surface area contributed by atoms with Gasteiger partial charge in [-0.2, -0.15) is 0 Å². The fourth-order valence-electron chi connectivity index (χ4n) is 4.72. The molecular weight excluding hydrogens is 266 g/mol. The van der Waals surface area contributed by atoms with Gasteiger partial charge in [-0.3, -0.25) is 4.79 Å². The lowest BCUT2D eigenvalue weighted by atomic mass is 9.70. The number of allylic oxidation sites excluding steroid dienone is 1. The molecule has 2 heterocycles. The van der Waals surface area contributed by atoms with E-state index in [0.29, 0.717) is 0 Å². The average Bonchev–Trinajstić information content (AvgIpc) is 2.86. The van der Waals surface area contributed by atoms with Crippen molar-refractivity contribution in [2.75, 3.05) is 7.05 Å². The van der Waals surface area contributed by atoms with Crippen LogP contribution >= 0.6 is 0 Å². The third kappa shape index (κ3) is 1.85. The summed E-state index contributed by atoms with van der Waals surface area (Å²) in [5, 5.41) is 11.1. The maximum absolute atomic E-state index is 12.7. The van der Waals surface area contributed by atoms with Crippen LogP contribution in [0.2, 0.25) is 0 Å². The van der Waals surface area contributed by atoms with Gasteiger partial charge in [0.25, 0.3) is 0 Å². The molecule has 6 atom stereocenters. The normalized spacial score (nSPS) is 47.8. The highest BCUT2D eigenvalue weighted by atomic mass is 16.5. The molecule has 2 aliphatic heterocycles. The highest BCUT2D eigenvalue weighted by Gasteiger charge is 2.69. The maximum atomic E-state index is 12.7. The minimum atomic E-state index is -0.675. The van der Waals surface area contributed by atoms with Crippen LogP contribution in [-0.2, 0) is 9.53 Å². The summed E-state index contributed by atoms with van der Waals surface area (Å²) in [7, 11) is 1.82. The van der Waals surface area contributed by atoms with Gasteiger partial charge in [-0.25, -0.2) is 0 Å². The zero-order valence-electron chi connectivity index (χ0n) is 13.5. The summed E-state index contributed by atoms with van der Waals surface area (Å²) in [5.41, 5.74) is -1.28. The van der Waals surface area contributed by atoms with Crippen molar-refractivity contribution in [2.24, 2.45) is 11.8 Å². The van der Waals surface area contributed by atoms with E-state index in [1.54, 1.807) is 4.90 Å². The molecule has 118 valence electrons. The van der Waals surface area contributed by atoms with Crippen LogP contribution in [0.5, 0.6) is 0 Å². The van der Waals surface area contributed by atoms with Gasteiger partial charge >= 0.3 is 0 Å². The summed E-state index contributed by atoms with van der Waals surface area (Å²) in [6.07, 6.45) is 7.66. The average molecular weight is 293 g/mol. The fraction of sp³-hybridized carbons (Fsp3) is 0.824. The molecule has 6 unspecified atom stereocenters. The zero-order valence-corrected chi connectivity index (χ0v) is 13.5. The Hall–Kier alpha value is -0.870. The zero-order chi connectivity index (χ0) is 15.4. The molecular formula is C17H27NO3. The SMILES string of the molecule is CC1CC2C(=O)N(C)C(C)(C(O)C3C=CCCC3)C2(C)O1. The summed E-state index contributed by atoms with van der Waals surface area (Å²) < 4.78 is 6.19. The Labute approximate surface area is 127 Å². The van der Waals surface area contributed by atoms with E-state index in [0.717, 1.165) is 25.7 Å². The van der Waals surface area contributed by atoms with Gasteiger partial charge in [0, 0.05) is 13.0 Å². The molecule has 0 spiro atoms. The van der Waals surface area contributed by atoms with Crippen LogP contribution in [0.3, 0.4) is 0 Å². The number of ether oxygens (including phenoxy) is 1. The number of aliphatic hydroxyl groups excluding tert-OH is 1. The van der Waals surface area contributed by atoms with Crippen LogP contribution in [0.1, 0.15) is 46.5 Å². The quantitative estimate of drug-likeness (QED) is 0.793. The standard InChI is InChI=1S/C17H27NO3/c1-11-10-13-15(20)18(4)16(2,17(13,3)21-11)14(19)12-8-6-5-7-9-12/h6,8,11-14,19H,5,7,9-10H2,1-4H3. The van der Waals surface area contributed by atoms with E-state index in [1.807, 2.05) is 27.8 Å². The second kappa shape index (κ2) is 4.82.